The molecule has 3 rings (SSSR count). The summed E-state index contributed by atoms with van der Waals surface area (Å²) in [6.45, 7) is 2.12. The topological polar surface area (TPSA) is 49.8 Å². The number of aromatic nitrogens is 2. The van der Waals surface area contributed by atoms with E-state index in [1.54, 1.807) is 12.4 Å². The van der Waals surface area contributed by atoms with Crippen molar-refractivity contribution in [2.75, 3.05) is 17.7 Å². The van der Waals surface area contributed by atoms with Gasteiger partial charge in [0.2, 0.25) is 0 Å². The second-order valence-electron chi connectivity index (χ2n) is 5.36. The Labute approximate surface area is 136 Å². The van der Waals surface area contributed by atoms with E-state index in [4.69, 9.17) is 0 Å². The highest BCUT2D eigenvalue weighted by atomic mass is 15.0. The summed E-state index contributed by atoms with van der Waals surface area (Å²) in [5.74, 6) is 0.793. The number of nitrogens with one attached hydrogen (secondary N) is 2. The van der Waals surface area contributed by atoms with Crippen LogP contribution in [0.25, 0.3) is 11.3 Å². The number of benzene rings is 2. The maximum atomic E-state index is 4.51. The van der Waals surface area contributed by atoms with E-state index in [1.807, 2.05) is 49.5 Å². The predicted octanol–water partition coefficient (Wildman–Crippen LogP) is 4.36. The van der Waals surface area contributed by atoms with Gasteiger partial charge in [0.1, 0.15) is 5.69 Å². The molecule has 0 spiro atoms. The molecule has 0 aliphatic rings. The summed E-state index contributed by atoms with van der Waals surface area (Å²) in [7, 11) is 1.91. The van der Waals surface area contributed by atoms with Crippen LogP contribution in [0.4, 0.5) is 11.5 Å². The molecule has 0 fully saturated rings. The lowest BCUT2D eigenvalue weighted by Crippen LogP contribution is -2.09. The minimum Gasteiger partial charge on any atom is -0.388 e. The lowest BCUT2D eigenvalue weighted by Gasteiger charge is -2.17. The first-order valence-corrected chi connectivity index (χ1v) is 7.68. The molecule has 0 aliphatic carbocycles. The highest BCUT2D eigenvalue weighted by Gasteiger charge is 2.11. The highest BCUT2D eigenvalue weighted by molar-refractivity contribution is 5.72. The fourth-order valence-corrected chi connectivity index (χ4v) is 2.48. The molecule has 116 valence electrons. The predicted molar refractivity (Wildman–Crippen MR) is 95.5 cm³/mol. The van der Waals surface area contributed by atoms with Gasteiger partial charge in [-0.05, 0) is 24.6 Å². The fourth-order valence-electron chi connectivity index (χ4n) is 2.48. The van der Waals surface area contributed by atoms with Crippen molar-refractivity contribution in [1.82, 2.24) is 9.97 Å². The molecule has 0 saturated heterocycles. The second kappa shape index (κ2) is 6.92. The third kappa shape index (κ3) is 3.48. The molecule has 23 heavy (non-hydrogen) atoms. The van der Waals surface area contributed by atoms with Crippen LogP contribution >= 0.6 is 0 Å². The summed E-state index contributed by atoms with van der Waals surface area (Å²) >= 11 is 0. The lowest BCUT2D eigenvalue weighted by molar-refractivity contribution is 0.872. The van der Waals surface area contributed by atoms with E-state index in [9.17, 15) is 0 Å². The van der Waals surface area contributed by atoms with E-state index in [0.29, 0.717) is 0 Å². The first-order chi connectivity index (χ1) is 11.3. The Morgan fingerprint density at radius 2 is 1.57 bits per heavy atom. The van der Waals surface area contributed by atoms with Crippen molar-refractivity contribution < 1.29 is 0 Å². The zero-order chi connectivity index (χ0) is 16.1. The van der Waals surface area contributed by atoms with Gasteiger partial charge in [-0.1, -0.05) is 42.5 Å². The van der Waals surface area contributed by atoms with Gasteiger partial charge in [-0.3, -0.25) is 4.98 Å². The molecule has 1 atom stereocenters. The standard InChI is InChI=1S/C19H20N4/c1-14(15-6-4-3-5-7-15)23-19-18(21-12-13-22-19)16-8-10-17(20-2)11-9-16/h3-14,20H,1-2H3,(H,22,23). The summed E-state index contributed by atoms with van der Waals surface area (Å²) in [4.78, 5) is 8.98. The molecule has 4 nitrogen and oxygen atoms in total. The summed E-state index contributed by atoms with van der Waals surface area (Å²) in [6.07, 6.45) is 3.44. The van der Waals surface area contributed by atoms with Crippen molar-refractivity contribution in [2.24, 2.45) is 0 Å². The third-order valence-corrected chi connectivity index (χ3v) is 3.80. The molecule has 2 aromatic carbocycles. The van der Waals surface area contributed by atoms with Crippen LogP contribution in [0.15, 0.2) is 67.0 Å². The smallest absolute Gasteiger partial charge is 0.153 e. The Hall–Kier alpha value is -2.88. The summed E-state index contributed by atoms with van der Waals surface area (Å²) in [6, 6.07) is 18.6. The maximum absolute atomic E-state index is 4.51. The van der Waals surface area contributed by atoms with Gasteiger partial charge >= 0.3 is 0 Å². The average Bonchev–Trinajstić information content (AvgIpc) is 2.63. The molecule has 0 aliphatic heterocycles. The molecular weight excluding hydrogens is 284 g/mol. The van der Waals surface area contributed by atoms with Crippen LogP contribution in [0.3, 0.4) is 0 Å². The summed E-state index contributed by atoms with van der Waals surface area (Å²) < 4.78 is 0. The largest absolute Gasteiger partial charge is 0.388 e. The van der Waals surface area contributed by atoms with E-state index < -0.39 is 0 Å². The number of anilines is 2. The van der Waals surface area contributed by atoms with Crippen molar-refractivity contribution in [1.29, 1.82) is 0 Å². The Morgan fingerprint density at radius 1 is 0.870 bits per heavy atom. The van der Waals surface area contributed by atoms with Gasteiger partial charge in [0.15, 0.2) is 5.82 Å². The van der Waals surface area contributed by atoms with Gasteiger partial charge in [0.05, 0.1) is 6.04 Å². The van der Waals surface area contributed by atoms with Gasteiger partial charge in [-0.2, -0.15) is 0 Å². The van der Waals surface area contributed by atoms with Gasteiger partial charge in [-0.15, -0.1) is 0 Å². The van der Waals surface area contributed by atoms with E-state index in [0.717, 1.165) is 22.8 Å². The zero-order valence-corrected chi connectivity index (χ0v) is 13.3. The van der Waals surface area contributed by atoms with Crippen LogP contribution in [0, 0.1) is 0 Å². The first kappa shape index (κ1) is 15.0. The number of nitrogens with zero attached hydrogens (tertiary/aromatic N) is 2. The lowest BCUT2D eigenvalue weighted by atomic mass is 10.1. The Morgan fingerprint density at radius 3 is 2.26 bits per heavy atom. The van der Waals surface area contributed by atoms with Gasteiger partial charge in [0.25, 0.3) is 0 Å². The minimum atomic E-state index is 0.156. The highest BCUT2D eigenvalue weighted by Crippen LogP contribution is 2.27. The van der Waals surface area contributed by atoms with E-state index in [2.05, 4.69) is 39.7 Å². The Balaban J connectivity index is 1.88. The molecule has 0 saturated carbocycles. The van der Waals surface area contributed by atoms with Crippen LogP contribution in [0.2, 0.25) is 0 Å². The van der Waals surface area contributed by atoms with Crippen molar-refractivity contribution in [3.63, 3.8) is 0 Å². The summed E-state index contributed by atoms with van der Waals surface area (Å²) in [5.41, 5.74) is 4.19. The molecular formula is C19H20N4. The van der Waals surface area contributed by atoms with Gasteiger partial charge in [0, 0.05) is 30.7 Å². The molecule has 4 heteroatoms. The van der Waals surface area contributed by atoms with Crippen LogP contribution in [-0.4, -0.2) is 17.0 Å². The number of rotatable bonds is 5. The van der Waals surface area contributed by atoms with Crippen LogP contribution in [0.1, 0.15) is 18.5 Å². The molecule has 2 N–H and O–H groups in total. The Kier molecular flexibility index (Phi) is 4.52. The van der Waals surface area contributed by atoms with Crippen LogP contribution in [-0.2, 0) is 0 Å². The van der Waals surface area contributed by atoms with Gasteiger partial charge in [-0.25, -0.2) is 4.98 Å². The molecule has 3 aromatic rings. The van der Waals surface area contributed by atoms with Crippen molar-refractivity contribution in [2.45, 2.75) is 13.0 Å². The van der Waals surface area contributed by atoms with Crippen molar-refractivity contribution in [3.8, 4) is 11.3 Å². The summed E-state index contributed by atoms with van der Waals surface area (Å²) in [5, 5.41) is 6.59. The monoisotopic (exact) mass is 304 g/mol. The molecule has 1 heterocycles. The Bertz CT molecular complexity index is 754. The van der Waals surface area contributed by atoms with Crippen molar-refractivity contribution >= 4 is 11.5 Å². The van der Waals surface area contributed by atoms with E-state index >= 15 is 0 Å². The van der Waals surface area contributed by atoms with E-state index in [-0.39, 0.29) is 6.04 Å². The van der Waals surface area contributed by atoms with Crippen LogP contribution in [0.5, 0.6) is 0 Å². The van der Waals surface area contributed by atoms with Crippen LogP contribution < -0.4 is 10.6 Å². The molecule has 0 amide bonds. The quantitative estimate of drug-likeness (QED) is 0.735. The number of hydrogen-bond donors (Lipinski definition) is 2. The van der Waals surface area contributed by atoms with Gasteiger partial charge < -0.3 is 10.6 Å². The number of hydrogen-bond acceptors (Lipinski definition) is 4. The molecule has 1 aromatic heterocycles. The SMILES string of the molecule is CNc1ccc(-c2nccnc2NC(C)c2ccccc2)cc1. The second-order valence-corrected chi connectivity index (χ2v) is 5.36. The molecule has 1 unspecified atom stereocenters. The average molecular weight is 304 g/mol. The third-order valence-electron chi connectivity index (χ3n) is 3.80. The molecule has 0 bridgehead atoms. The fraction of sp³-hybridized carbons (Fsp3) is 0.158. The maximum Gasteiger partial charge on any atom is 0.153 e. The zero-order valence-electron chi connectivity index (χ0n) is 13.3. The van der Waals surface area contributed by atoms with E-state index in [1.165, 1.54) is 5.56 Å². The first-order valence-electron chi connectivity index (χ1n) is 7.68. The van der Waals surface area contributed by atoms with Crippen molar-refractivity contribution in [3.05, 3.63) is 72.6 Å². The molecule has 0 radical (unpaired) electrons. The minimum absolute atomic E-state index is 0.156. The normalized spacial score (nSPS) is 11.7.